The zero-order chi connectivity index (χ0) is 14.2. The lowest BCUT2D eigenvalue weighted by molar-refractivity contribution is 0.240. The molecule has 0 spiro atoms. The fourth-order valence-corrected chi connectivity index (χ4v) is 3.02. The second-order valence-corrected chi connectivity index (χ2v) is 5.53. The first-order valence-electron chi connectivity index (χ1n) is 7.21. The van der Waals surface area contributed by atoms with E-state index >= 15 is 0 Å². The predicted octanol–water partition coefficient (Wildman–Crippen LogP) is 3.03. The van der Waals surface area contributed by atoms with E-state index in [1.165, 1.54) is 17.8 Å². The molecular weight excluding hydrogens is 265 g/mol. The quantitative estimate of drug-likeness (QED) is 0.719. The van der Waals surface area contributed by atoms with Gasteiger partial charge in [-0.1, -0.05) is 30.3 Å². The largest absolute Gasteiger partial charge is 0.300 e. The monoisotopic (exact) mass is 281 g/mol. The zero-order valence-corrected chi connectivity index (χ0v) is 11.7. The Bertz CT molecular complexity index is 779. The van der Waals surface area contributed by atoms with Gasteiger partial charge in [-0.25, -0.2) is 9.37 Å². The maximum atomic E-state index is 13.5. The summed E-state index contributed by atoms with van der Waals surface area (Å²) in [4.78, 5) is 6.99. The van der Waals surface area contributed by atoms with Gasteiger partial charge >= 0.3 is 0 Å². The van der Waals surface area contributed by atoms with Crippen LogP contribution in [0, 0.1) is 5.82 Å². The summed E-state index contributed by atoms with van der Waals surface area (Å²) in [7, 11) is 0. The molecule has 4 heteroatoms. The minimum Gasteiger partial charge on any atom is -0.300 e. The van der Waals surface area contributed by atoms with Gasteiger partial charge in [0.05, 0.1) is 11.4 Å². The Morgan fingerprint density at radius 1 is 1.10 bits per heavy atom. The first kappa shape index (κ1) is 12.5. The zero-order valence-electron chi connectivity index (χ0n) is 11.7. The average Bonchev–Trinajstić information content (AvgIpc) is 2.86. The third kappa shape index (κ3) is 2.32. The van der Waals surface area contributed by atoms with Crippen LogP contribution < -0.4 is 0 Å². The number of halogens is 1. The lowest BCUT2D eigenvalue weighted by Crippen LogP contribution is -2.30. The third-order valence-corrected chi connectivity index (χ3v) is 4.05. The maximum absolute atomic E-state index is 13.5. The summed E-state index contributed by atoms with van der Waals surface area (Å²) in [6, 6.07) is 13.7. The van der Waals surface area contributed by atoms with Crippen LogP contribution in [0.25, 0.3) is 5.65 Å². The van der Waals surface area contributed by atoms with Gasteiger partial charge in [0.25, 0.3) is 0 Å². The van der Waals surface area contributed by atoms with Crippen molar-refractivity contribution in [1.82, 2.24) is 14.3 Å². The van der Waals surface area contributed by atoms with Crippen LogP contribution >= 0.6 is 0 Å². The number of nitrogens with zero attached hydrogens (tertiary/aromatic N) is 3. The van der Waals surface area contributed by atoms with Gasteiger partial charge in [0.15, 0.2) is 0 Å². The van der Waals surface area contributed by atoms with Crippen molar-refractivity contribution >= 4 is 5.65 Å². The fourth-order valence-electron chi connectivity index (χ4n) is 3.02. The Morgan fingerprint density at radius 2 is 1.95 bits per heavy atom. The lowest BCUT2D eigenvalue weighted by atomic mass is 10.1. The van der Waals surface area contributed by atoms with E-state index in [4.69, 9.17) is 0 Å². The minimum atomic E-state index is -0.220. The van der Waals surface area contributed by atoms with Crippen LogP contribution in [0.3, 0.4) is 0 Å². The first-order valence-corrected chi connectivity index (χ1v) is 7.21. The van der Waals surface area contributed by atoms with Gasteiger partial charge in [0.1, 0.15) is 11.5 Å². The smallest absolute Gasteiger partial charge is 0.139 e. The Hall–Kier alpha value is -2.20. The van der Waals surface area contributed by atoms with E-state index in [9.17, 15) is 4.39 Å². The van der Waals surface area contributed by atoms with Crippen LogP contribution in [-0.2, 0) is 19.5 Å². The molecule has 2 aromatic heterocycles. The highest BCUT2D eigenvalue weighted by Gasteiger charge is 2.21. The summed E-state index contributed by atoms with van der Waals surface area (Å²) in [5.74, 6) is -0.220. The minimum absolute atomic E-state index is 0.220. The van der Waals surface area contributed by atoms with Crippen molar-refractivity contribution in [3.8, 4) is 0 Å². The number of fused-ring (bicyclic) bond motifs is 3. The highest BCUT2D eigenvalue weighted by Crippen LogP contribution is 2.22. The van der Waals surface area contributed by atoms with Crippen molar-refractivity contribution in [2.45, 2.75) is 19.5 Å². The van der Waals surface area contributed by atoms with E-state index in [1.54, 1.807) is 6.07 Å². The SMILES string of the molecule is Fc1ccc2nc3c(n2c1)CN(Cc1ccccc1)CC3. The number of hydrogen-bond donors (Lipinski definition) is 0. The molecule has 0 aliphatic carbocycles. The molecule has 3 heterocycles. The molecule has 4 rings (SSSR count). The molecule has 1 aromatic carbocycles. The highest BCUT2D eigenvalue weighted by molar-refractivity contribution is 5.44. The second-order valence-electron chi connectivity index (χ2n) is 5.53. The molecule has 0 saturated carbocycles. The van der Waals surface area contributed by atoms with E-state index in [-0.39, 0.29) is 5.82 Å². The Kier molecular flexibility index (Phi) is 2.97. The summed E-state index contributed by atoms with van der Waals surface area (Å²) in [6.07, 6.45) is 2.46. The fraction of sp³-hybridized carbons (Fsp3) is 0.235. The number of imidazole rings is 1. The van der Waals surface area contributed by atoms with Crippen molar-refractivity contribution in [1.29, 1.82) is 0 Å². The van der Waals surface area contributed by atoms with Crippen LogP contribution in [0.4, 0.5) is 4.39 Å². The van der Waals surface area contributed by atoms with Crippen LogP contribution in [0.15, 0.2) is 48.7 Å². The number of hydrogen-bond acceptors (Lipinski definition) is 2. The lowest BCUT2D eigenvalue weighted by Gasteiger charge is -2.26. The second kappa shape index (κ2) is 4.97. The van der Waals surface area contributed by atoms with Gasteiger partial charge in [-0.2, -0.15) is 0 Å². The van der Waals surface area contributed by atoms with Gasteiger partial charge in [0.2, 0.25) is 0 Å². The molecule has 1 aliphatic heterocycles. The van der Waals surface area contributed by atoms with Crippen molar-refractivity contribution in [2.75, 3.05) is 6.54 Å². The molecule has 0 bridgehead atoms. The molecule has 0 radical (unpaired) electrons. The third-order valence-electron chi connectivity index (χ3n) is 4.05. The number of pyridine rings is 1. The Balaban J connectivity index is 1.64. The molecule has 0 amide bonds. The molecule has 0 unspecified atom stereocenters. The van der Waals surface area contributed by atoms with Crippen molar-refractivity contribution in [3.05, 3.63) is 71.4 Å². The normalized spacial score (nSPS) is 15.3. The van der Waals surface area contributed by atoms with E-state index in [1.807, 2.05) is 10.5 Å². The van der Waals surface area contributed by atoms with Gasteiger partial charge < -0.3 is 0 Å². The summed E-state index contributed by atoms with van der Waals surface area (Å²) in [5.41, 5.74) is 4.36. The van der Waals surface area contributed by atoms with Crippen molar-refractivity contribution in [2.24, 2.45) is 0 Å². The van der Waals surface area contributed by atoms with Gasteiger partial charge in [-0.15, -0.1) is 0 Å². The average molecular weight is 281 g/mol. The first-order chi connectivity index (χ1) is 10.3. The van der Waals surface area contributed by atoms with E-state index in [2.05, 4.69) is 34.1 Å². The van der Waals surface area contributed by atoms with Crippen LogP contribution in [0.5, 0.6) is 0 Å². The van der Waals surface area contributed by atoms with E-state index < -0.39 is 0 Å². The molecule has 0 fully saturated rings. The highest BCUT2D eigenvalue weighted by atomic mass is 19.1. The van der Waals surface area contributed by atoms with Gasteiger partial charge in [-0.05, 0) is 17.7 Å². The van der Waals surface area contributed by atoms with Crippen LogP contribution in [0.2, 0.25) is 0 Å². The molecule has 106 valence electrons. The number of benzene rings is 1. The van der Waals surface area contributed by atoms with Crippen LogP contribution in [-0.4, -0.2) is 20.8 Å². The topological polar surface area (TPSA) is 20.5 Å². The van der Waals surface area contributed by atoms with Gasteiger partial charge in [0, 0.05) is 32.3 Å². The van der Waals surface area contributed by atoms with Crippen LogP contribution in [0.1, 0.15) is 17.0 Å². The van der Waals surface area contributed by atoms with Crippen molar-refractivity contribution < 1.29 is 4.39 Å². The predicted molar refractivity (Wildman–Crippen MR) is 79.4 cm³/mol. The molecule has 21 heavy (non-hydrogen) atoms. The summed E-state index contributed by atoms with van der Waals surface area (Å²) in [6.45, 7) is 2.73. The van der Waals surface area contributed by atoms with E-state index in [0.717, 1.165) is 43.1 Å². The van der Waals surface area contributed by atoms with Crippen molar-refractivity contribution in [3.63, 3.8) is 0 Å². The Morgan fingerprint density at radius 3 is 2.81 bits per heavy atom. The molecule has 0 N–H and O–H groups in total. The number of aromatic nitrogens is 2. The van der Waals surface area contributed by atoms with Gasteiger partial charge in [-0.3, -0.25) is 9.30 Å². The number of rotatable bonds is 2. The standard InChI is InChI=1S/C17H16FN3/c18-14-6-7-17-19-15-8-9-20(12-16(15)21(17)11-14)10-13-4-2-1-3-5-13/h1-7,11H,8-10,12H2. The summed E-state index contributed by atoms with van der Waals surface area (Å²) < 4.78 is 15.4. The van der Waals surface area contributed by atoms with E-state index in [0.29, 0.717) is 0 Å². The molecule has 0 atom stereocenters. The summed E-state index contributed by atoms with van der Waals surface area (Å²) >= 11 is 0. The molecule has 3 aromatic rings. The molecule has 3 nitrogen and oxygen atoms in total. The molecular formula is C17H16FN3. The maximum Gasteiger partial charge on any atom is 0.139 e. The molecule has 0 saturated heterocycles. The Labute approximate surface area is 122 Å². The summed E-state index contributed by atoms with van der Waals surface area (Å²) in [5, 5.41) is 0. The molecule has 1 aliphatic rings.